The topological polar surface area (TPSA) is 59.4 Å². The molecule has 0 radical (unpaired) electrons. The van der Waals surface area contributed by atoms with E-state index >= 15 is 0 Å². The van der Waals surface area contributed by atoms with Crippen LogP contribution in [0.3, 0.4) is 0 Å². The van der Waals surface area contributed by atoms with E-state index < -0.39 is 6.36 Å². The number of aromatic nitrogens is 2. The van der Waals surface area contributed by atoms with Crippen molar-refractivity contribution in [2.75, 3.05) is 18.4 Å². The maximum absolute atomic E-state index is 13.7. The van der Waals surface area contributed by atoms with Crippen molar-refractivity contribution in [1.82, 2.24) is 14.7 Å². The predicted molar refractivity (Wildman–Crippen MR) is 128 cm³/mol. The summed E-state index contributed by atoms with van der Waals surface area (Å²) in [7, 11) is 0. The van der Waals surface area contributed by atoms with Crippen LogP contribution in [0.4, 0.5) is 19.0 Å². The number of rotatable bonds is 4. The molecule has 6 rings (SSSR count). The fourth-order valence-corrected chi connectivity index (χ4v) is 6.03. The van der Waals surface area contributed by atoms with Crippen LogP contribution in [0.2, 0.25) is 0 Å². The minimum atomic E-state index is -4.72. The van der Waals surface area contributed by atoms with Crippen LogP contribution in [0.15, 0.2) is 60.8 Å². The van der Waals surface area contributed by atoms with Gasteiger partial charge in [-0.3, -0.25) is 4.79 Å². The molecule has 1 amide bonds. The Bertz CT molecular complexity index is 1300. The van der Waals surface area contributed by atoms with Crippen LogP contribution in [0, 0.1) is 5.92 Å². The van der Waals surface area contributed by atoms with Crippen molar-refractivity contribution in [2.45, 2.75) is 50.0 Å². The molecule has 9 heteroatoms. The number of likely N-dealkylation sites (tertiary alicyclic amines) is 1. The zero-order valence-corrected chi connectivity index (χ0v) is 20.0. The van der Waals surface area contributed by atoms with E-state index in [4.69, 9.17) is 0 Å². The summed E-state index contributed by atoms with van der Waals surface area (Å²) < 4.78 is 43.4. The highest BCUT2D eigenvalue weighted by Crippen LogP contribution is 2.59. The third-order valence-corrected chi connectivity index (χ3v) is 7.89. The van der Waals surface area contributed by atoms with Gasteiger partial charge in [-0.25, -0.2) is 4.68 Å². The number of halogens is 3. The third kappa shape index (κ3) is 3.81. The minimum absolute atomic E-state index is 0.0627. The van der Waals surface area contributed by atoms with Crippen molar-refractivity contribution in [1.29, 1.82) is 0 Å². The van der Waals surface area contributed by atoms with Gasteiger partial charge in [-0.2, -0.15) is 5.10 Å². The molecule has 2 fully saturated rings. The van der Waals surface area contributed by atoms with E-state index in [1.807, 2.05) is 27.8 Å². The van der Waals surface area contributed by atoms with E-state index in [9.17, 15) is 18.0 Å². The van der Waals surface area contributed by atoms with Gasteiger partial charge in [0.05, 0.1) is 17.8 Å². The average molecular weight is 497 g/mol. The number of anilines is 1. The number of carbonyl (C=O) groups excluding carboxylic acids is 1. The van der Waals surface area contributed by atoms with E-state index in [-0.39, 0.29) is 28.7 Å². The fraction of sp³-hybridized carbons (Fsp3) is 0.407. The number of ether oxygens (including phenoxy) is 1. The molecule has 3 aliphatic rings. The molecule has 3 heterocycles. The lowest BCUT2D eigenvalue weighted by Crippen LogP contribution is -2.39. The van der Waals surface area contributed by atoms with E-state index in [0.29, 0.717) is 24.6 Å². The number of hydrogen-bond acceptors (Lipinski definition) is 4. The van der Waals surface area contributed by atoms with Gasteiger partial charge in [-0.15, -0.1) is 13.2 Å². The second-order valence-corrected chi connectivity index (χ2v) is 10.8. The van der Waals surface area contributed by atoms with Gasteiger partial charge in [-0.05, 0) is 55.9 Å². The number of nitrogens with one attached hydrogen (secondary N) is 1. The average Bonchev–Trinajstić information content (AvgIpc) is 3.16. The molecule has 3 aromatic rings. The van der Waals surface area contributed by atoms with Gasteiger partial charge in [-0.1, -0.05) is 42.5 Å². The minimum Gasteiger partial charge on any atom is -0.406 e. The van der Waals surface area contributed by atoms with E-state index in [2.05, 4.69) is 41.1 Å². The quantitative estimate of drug-likeness (QED) is 0.519. The van der Waals surface area contributed by atoms with E-state index in [0.717, 1.165) is 29.8 Å². The Hall–Kier alpha value is -3.49. The van der Waals surface area contributed by atoms with Crippen molar-refractivity contribution in [3.63, 3.8) is 0 Å². The fourth-order valence-electron chi connectivity index (χ4n) is 6.03. The first kappa shape index (κ1) is 22.9. The molecule has 1 aliphatic carbocycles. The van der Waals surface area contributed by atoms with Crippen LogP contribution in [-0.2, 0) is 11.0 Å². The SMILES string of the molecule is CC1(C)C[C@H](c2ccccc2)Nc2c(C(=O)N3CC4CC4(c4ccc(OC(F)(F)F)cc4)C3)cnn21. The molecule has 1 N–H and O–H groups in total. The number of piperidine rings is 1. The Morgan fingerprint density at radius 3 is 2.50 bits per heavy atom. The highest BCUT2D eigenvalue weighted by atomic mass is 19.4. The monoisotopic (exact) mass is 496 g/mol. The molecule has 188 valence electrons. The summed E-state index contributed by atoms with van der Waals surface area (Å²) in [5.74, 6) is 0.716. The summed E-state index contributed by atoms with van der Waals surface area (Å²) >= 11 is 0. The molecule has 36 heavy (non-hydrogen) atoms. The molecule has 1 saturated carbocycles. The summed E-state index contributed by atoms with van der Waals surface area (Å²) in [4.78, 5) is 15.5. The number of amides is 1. The van der Waals surface area contributed by atoms with Gasteiger partial charge >= 0.3 is 6.36 Å². The summed E-state index contributed by atoms with van der Waals surface area (Å²) in [6, 6.07) is 16.3. The van der Waals surface area contributed by atoms with Crippen LogP contribution < -0.4 is 10.1 Å². The molecule has 3 atom stereocenters. The number of carbonyl (C=O) groups is 1. The summed E-state index contributed by atoms with van der Waals surface area (Å²) in [6.07, 6.45) is -1.31. The normalized spacial score (nSPS) is 26.1. The number of nitrogens with zero attached hydrogens (tertiary/aromatic N) is 3. The second kappa shape index (κ2) is 7.75. The zero-order chi connectivity index (χ0) is 25.3. The highest BCUT2D eigenvalue weighted by Gasteiger charge is 2.61. The van der Waals surface area contributed by atoms with Crippen LogP contribution in [0.25, 0.3) is 0 Å². The lowest BCUT2D eigenvalue weighted by Gasteiger charge is -2.38. The molecule has 1 saturated heterocycles. The van der Waals surface area contributed by atoms with Gasteiger partial charge in [0, 0.05) is 18.5 Å². The molecule has 0 spiro atoms. The van der Waals surface area contributed by atoms with Crippen LogP contribution in [-0.4, -0.2) is 40.0 Å². The first-order valence-corrected chi connectivity index (χ1v) is 12.1. The van der Waals surface area contributed by atoms with Gasteiger partial charge in [0.15, 0.2) is 0 Å². The third-order valence-electron chi connectivity index (χ3n) is 7.89. The van der Waals surface area contributed by atoms with Crippen LogP contribution in [0.5, 0.6) is 5.75 Å². The Balaban J connectivity index is 1.22. The second-order valence-electron chi connectivity index (χ2n) is 10.8. The Morgan fingerprint density at radius 2 is 1.81 bits per heavy atom. The van der Waals surface area contributed by atoms with Gasteiger partial charge in [0.2, 0.25) is 0 Å². The van der Waals surface area contributed by atoms with Gasteiger partial charge in [0.1, 0.15) is 17.1 Å². The molecule has 6 nitrogen and oxygen atoms in total. The van der Waals surface area contributed by atoms with Crippen molar-refractivity contribution in [2.24, 2.45) is 5.92 Å². The first-order chi connectivity index (χ1) is 17.1. The lowest BCUT2D eigenvalue weighted by molar-refractivity contribution is -0.274. The maximum Gasteiger partial charge on any atom is 0.573 e. The van der Waals surface area contributed by atoms with Crippen molar-refractivity contribution in [3.8, 4) is 5.75 Å². The smallest absolute Gasteiger partial charge is 0.406 e. The van der Waals surface area contributed by atoms with Crippen molar-refractivity contribution < 1.29 is 22.7 Å². The standard InChI is InChI=1S/C27H27F3N4O2/c1-25(2)13-22(17-6-4-3-5-7-17)32-23-21(14-31-34(23)25)24(35)33-15-19-12-26(19,16-33)18-8-10-20(11-9-18)36-27(28,29)30/h3-11,14,19,22,32H,12-13,15-16H2,1-2H3/t19?,22-,26?/m1/s1. The Kier molecular flexibility index (Phi) is 4.94. The van der Waals surface area contributed by atoms with Crippen LogP contribution >= 0.6 is 0 Å². The predicted octanol–water partition coefficient (Wildman–Crippen LogP) is 5.49. The largest absolute Gasteiger partial charge is 0.573 e. The molecular weight excluding hydrogens is 469 g/mol. The van der Waals surface area contributed by atoms with Crippen molar-refractivity contribution >= 4 is 11.7 Å². The van der Waals surface area contributed by atoms with Gasteiger partial charge < -0.3 is 15.0 Å². The number of hydrogen-bond donors (Lipinski definition) is 1. The molecule has 2 aromatic carbocycles. The highest BCUT2D eigenvalue weighted by molar-refractivity contribution is 5.99. The summed E-state index contributed by atoms with van der Waals surface area (Å²) in [5, 5.41) is 8.13. The molecule has 0 bridgehead atoms. The molecule has 2 unspecified atom stereocenters. The number of alkyl halides is 3. The Morgan fingerprint density at radius 1 is 1.08 bits per heavy atom. The van der Waals surface area contributed by atoms with Crippen LogP contribution in [0.1, 0.15) is 54.2 Å². The zero-order valence-electron chi connectivity index (χ0n) is 20.0. The summed E-state index contributed by atoms with van der Waals surface area (Å²) in [5.41, 5.74) is 2.18. The maximum atomic E-state index is 13.7. The van der Waals surface area contributed by atoms with Crippen molar-refractivity contribution in [3.05, 3.63) is 77.5 Å². The Labute approximate surface area is 207 Å². The van der Waals surface area contributed by atoms with Gasteiger partial charge in [0.25, 0.3) is 5.91 Å². The van der Waals surface area contributed by atoms with E-state index in [1.165, 1.54) is 12.1 Å². The molecular formula is C27H27F3N4O2. The lowest BCUT2D eigenvalue weighted by atomic mass is 9.89. The van der Waals surface area contributed by atoms with E-state index in [1.54, 1.807) is 18.3 Å². The first-order valence-electron chi connectivity index (χ1n) is 12.1. The molecule has 1 aromatic heterocycles. The number of fused-ring (bicyclic) bond motifs is 2. The summed E-state index contributed by atoms with van der Waals surface area (Å²) in [6.45, 7) is 5.41. The number of benzene rings is 2. The molecule has 2 aliphatic heterocycles.